The second-order valence-electron chi connectivity index (χ2n) is 8.79. The standard InChI is InChI=1S/C23H27N3O5/c27-22(28)20-5-8-26(24-20)23(29)25-13-16-11-18(12-17(16)14-25)31-21-4-2-1-3-19(21)15-6-9-30-10-7-15/h1-5,8,15-18H,6-7,9-14H2,(H,27,28)/t16-,17+,18+. The van der Waals surface area contributed by atoms with Crippen molar-refractivity contribution in [2.75, 3.05) is 26.3 Å². The summed E-state index contributed by atoms with van der Waals surface area (Å²) >= 11 is 0. The summed E-state index contributed by atoms with van der Waals surface area (Å²) in [6.07, 6.45) is 5.50. The van der Waals surface area contributed by atoms with Crippen molar-refractivity contribution in [3.8, 4) is 5.75 Å². The number of carbonyl (C=O) groups is 2. The number of benzene rings is 1. The topological polar surface area (TPSA) is 93.9 Å². The van der Waals surface area contributed by atoms with Crippen LogP contribution in [-0.4, -0.2) is 64.2 Å². The number of carboxylic acids is 1. The van der Waals surface area contributed by atoms with Gasteiger partial charge in [0.15, 0.2) is 5.69 Å². The largest absolute Gasteiger partial charge is 0.490 e. The lowest BCUT2D eigenvalue weighted by molar-refractivity contribution is 0.0689. The Morgan fingerprint density at radius 2 is 1.77 bits per heavy atom. The van der Waals surface area contributed by atoms with E-state index < -0.39 is 5.97 Å². The molecule has 0 spiro atoms. The van der Waals surface area contributed by atoms with Crippen molar-refractivity contribution in [2.45, 2.75) is 37.7 Å². The van der Waals surface area contributed by atoms with Gasteiger partial charge in [0.1, 0.15) is 5.75 Å². The van der Waals surface area contributed by atoms with Gasteiger partial charge in [0.2, 0.25) is 0 Å². The van der Waals surface area contributed by atoms with Crippen LogP contribution in [0, 0.1) is 11.8 Å². The van der Waals surface area contributed by atoms with Crippen LogP contribution >= 0.6 is 0 Å². The maximum absolute atomic E-state index is 12.7. The van der Waals surface area contributed by atoms with Gasteiger partial charge in [-0.1, -0.05) is 18.2 Å². The summed E-state index contributed by atoms with van der Waals surface area (Å²) < 4.78 is 13.1. The Labute approximate surface area is 180 Å². The average molecular weight is 425 g/mol. The number of ether oxygens (including phenoxy) is 2. The monoisotopic (exact) mass is 425 g/mol. The number of hydrogen-bond acceptors (Lipinski definition) is 5. The van der Waals surface area contributed by atoms with E-state index in [1.54, 1.807) is 4.90 Å². The summed E-state index contributed by atoms with van der Waals surface area (Å²) in [5, 5.41) is 12.9. The number of nitrogens with zero attached hydrogens (tertiary/aromatic N) is 3. The first-order valence-electron chi connectivity index (χ1n) is 11.0. The summed E-state index contributed by atoms with van der Waals surface area (Å²) in [6, 6.07) is 9.45. The van der Waals surface area contributed by atoms with Gasteiger partial charge in [-0.15, -0.1) is 0 Å². The molecular weight excluding hydrogens is 398 g/mol. The fourth-order valence-corrected chi connectivity index (χ4v) is 5.30. The van der Waals surface area contributed by atoms with Gasteiger partial charge < -0.3 is 19.5 Å². The van der Waals surface area contributed by atoms with Crippen molar-refractivity contribution in [1.29, 1.82) is 0 Å². The van der Waals surface area contributed by atoms with E-state index in [0.29, 0.717) is 30.8 Å². The van der Waals surface area contributed by atoms with Gasteiger partial charge in [-0.3, -0.25) is 0 Å². The molecule has 0 radical (unpaired) electrons. The second-order valence-corrected chi connectivity index (χ2v) is 8.79. The molecule has 0 unspecified atom stereocenters. The van der Waals surface area contributed by atoms with Crippen LogP contribution < -0.4 is 4.74 Å². The van der Waals surface area contributed by atoms with E-state index >= 15 is 0 Å². The van der Waals surface area contributed by atoms with Crippen molar-refractivity contribution in [2.24, 2.45) is 11.8 Å². The minimum Gasteiger partial charge on any atom is -0.490 e. The Morgan fingerprint density at radius 3 is 2.45 bits per heavy atom. The van der Waals surface area contributed by atoms with Crippen molar-refractivity contribution >= 4 is 12.0 Å². The van der Waals surface area contributed by atoms with Gasteiger partial charge in [0.05, 0.1) is 6.10 Å². The second kappa shape index (κ2) is 8.34. The minimum absolute atomic E-state index is 0.121. The van der Waals surface area contributed by atoms with Gasteiger partial charge in [-0.05, 0) is 61.1 Å². The fraction of sp³-hybridized carbons (Fsp3) is 0.522. The number of likely N-dealkylation sites (tertiary alicyclic amines) is 1. The smallest absolute Gasteiger partial charge is 0.356 e. The number of aromatic carboxylic acids is 1. The lowest BCUT2D eigenvalue weighted by Gasteiger charge is -2.26. The molecule has 1 aromatic heterocycles. The maximum Gasteiger partial charge on any atom is 0.356 e. The van der Waals surface area contributed by atoms with E-state index in [2.05, 4.69) is 23.3 Å². The number of fused-ring (bicyclic) bond motifs is 1. The highest BCUT2D eigenvalue weighted by Gasteiger charge is 2.44. The molecule has 1 N–H and O–H groups in total. The molecule has 3 fully saturated rings. The van der Waals surface area contributed by atoms with E-state index in [1.807, 2.05) is 6.07 Å². The minimum atomic E-state index is -1.13. The summed E-state index contributed by atoms with van der Waals surface area (Å²) in [5.74, 6) is 1.15. The van der Waals surface area contributed by atoms with Gasteiger partial charge >= 0.3 is 12.0 Å². The third-order valence-electron chi connectivity index (χ3n) is 6.86. The lowest BCUT2D eigenvalue weighted by atomic mass is 9.91. The van der Waals surface area contributed by atoms with Crippen molar-refractivity contribution in [3.05, 3.63) is 47.8 Å². The molecule has 8 heteroatoms. The predicted octanol–water partition coefficient (Wildman–Crippen LogP) is 3.23. The maximum atomic E-state index is 12.7. The first-order chi connectivity index (χ1) is 15.1. The SMILES string of the molecule is O=C(O)c1ccn(C(=O)N2C[C@H]3C[C@H](Oc4ccccc4C4CCOCC4)C[C@H]3C2)n1. The fourth-order valence-electron chi connectivity index (χ4n) is 5.30. The van der Waals surface area contributed by atoms with Crippen LogP contribution in [0.3, 0.4) is 0 Å². The van der Waals surface area contributed by atoms with Crippen LogP contribution in [0.15, 0.2) is 36.5 Å². The predicted molar refractivity (Wildman–Crippen MR) is 111 cm³/mol. The number of carbonyl (C=O) groups excluding carboxylic acids is 1. The van der Waals surface area contributed by atoms with Crippen molar-refractivity contribution in [1.82, 2.24) is 14.7 Å². The first-order valence-corrected chi connectivity index (χ1v) is 11.0. The number of carboxylic acid groups (broad SMARTS) is 1. The quantitative estimate of drug-likeness (QED) is 0.808. The Bertz CT molecular complexity index is 954. The van der Waals surface area contributed by atoms with Crippen LogP contribution in [0.1, 0.15) is 47.7 Å². The van der Waals surface area contributed by atoms with E-state index in [-0.39, 0.29) is 17.8 Å². The molecular formula is C23H27N3O5. The molecule has 3 aliphatic rings. The highest BCUT2D eigenvalue weighted by molar-refractivity contribution is 5.86. The summed E-state index contributed by atoms with van der Waals surface area (Å²) in [6.45, 7) is 2.93. The molecule has 1 aromatic carbocycles. The molecule has 31 heavy (non-hydrogen) atoms. The Hall–Kier alpha value is -2.87. The molecule has 2 saturated heterocycles. The molecule has 164 valence electrons. The molecule has 2 aliphatic heterocycles. The molecule has 1 aliphatic carbocycles. The lowest BCUT2D eigenvalue weighted by Crippen LogP contribution is -2.34. The van der Waals surface area contributed by atoms with Crippen LogP contribution in [0.5, 0.6) is 5.75 Å². The van der Waals surface area contributed by atoms with Gasteiger partial charge in [-0.2, -0.15) is 9.78 Å². The highest BCUT2D eigenvalue weighted by atomic mass is 16.5. The van der Waals surface area contributed by atoms with Crippen LogP contribution in [0.4, 0.5) is 4.79 Å². The van der Waals surface area contributed by atoms with Crippen LogP contribution in [-0.2, 0) is 4.74 Å². The third-order valence-corrected chi connectivity index (χ3v) is 6.86. The Morgan fingerprint density at radius 1 is 1.06 bits per heavy atom. The van der Waals surface area contributed by atoms with E-state index in [4.69, 9.17) is 14.6 Å². The zero-order valence-electron chi connectivity index (χ0n) is 17.4. The van der Waals surface area contributed by atoms with Gasteiger partial charge in [0.25, 0.3) is 0 Å². The molecule has 2 aromatic rings. The summed E-state index contributed by atoms with van der Waals surface area (Å²) in [4.78, 5) is 25.5. The zero-order valence-corrected chi connectivity index (χ0v) is 17.4. The molecule has 1 amide bonds. The van der Waals surface area contributed by atoms with E-state index in [9.17, 15) is 9.59 Å². The molecule has 3 heterocycles. The van der Waals surface area contributed by atoms with Crippen LogP contribution in [0.25, 0.3) is 0 Å². The first kappa shape index (κ1) is 20.1. The average Bonchev–Trinajstić information content (AvgIpc) is 3.49. The van der Waals surface area contributed by atoms with Crippen molar-refractivity contribution < 1.29 is 24.2 Å². The number of para-hydroxylation sites is 1. The van der Waals surface area contributed by atoms with Crippen LogP contribution in [0.2, 0.25) is 0 Å². The molecule has 5 rings (SSSR count). The zero-order chi connectivity index (χ0) is 21.4. The number of aromatic nitrogens is 2. The van der Waals surface area contributed by atoms with Gasteiger partial charge in [-0.25, -0.2) is 9.59 Å². The third kappa shape index (κ3) is 4.04. The Kier molecular flexibility index (Phi) is 5.40. The number of amides is 1. The van der Waals surface area contributed by atoms with Crippen molar-refractivity contribution in [3.63, 3.8) is 0 Å². The van der Waals surface area contributed by atoms with Gasteiger partial charge in [0, 0.05) is 32.5 Å². The van der Waals surface area contributed by atoms with E-state index in [1.165, 1.54) is 17.8 Å². The summed E-state index contributed by atoms with van der Waals surface area (Å²) in [7, 11) is 0. The van der Waals surface area contributed by atoms with E-state index in [0.717, 1.165) is 49.3 Å². The molecule has 0 bridgehead atoms. The number of rotatable bonds is 4. The summed E-state index contributed by atoms with van der Waals surface area (Å²) in [5.41, 5.74) is 1.16. The normalized spacial score (nSPS) is 26.1. The molecule has 3 atom stereocenters. The number of hydrogen-bond donors (Lipinski definition) is 1. The Balaban J connectivity index is 1.20. The highest BCUT2D eigenvalue weighted by Crippen LogP contribution is 2.41. The molecule has 8 nitrogen and oxygen atoms in total. The molecule has 1 saturated carbocycles.